The summed E-state index contributed by atoms with van der Waals surface area (Å²) in [6.07, 6.45) is 16.0. The first-order valence-corrected chi connectivity index (χ1v) is 9.44. The van der Waals surface area contributed by atoms with E-state index in [-0.39, 0.29) is 0 Å². The Morgan fingerprint density at radius 2 is 2.04 bits per heavy atom. The maximum Gasteiger partial charge on any atom is 0.120 e. The molecular formula is C20H23NOS. The van der Waals surface area contributed by atoms with Crippen LogP contribution in [0.5, 0.6) is 0 Å². The SMILES string of the molecule is CC1=C(c2nc3c(s2)COCCC2=CCCC=C3C2)CCC=C1. The van der Waals surface area contributed by atoms with Crippen LogP contribution in [0.4, 0.5) is 0 Å². The van der Waals surface area contributed by atoms with Crippen molar-refractivity contribution in [3.05, 3.63) is 51.0 Å². The van der Waals surface area contributed by atoms with Crippen LogP contribution in [0.2, 0.25) is 0 Å². The van der Waals surface area contributed by atoms with Gasteiger partial charge in [0.1, 0.15) is 5.01 Å². The summed E-state index contributed by atoms with van der Waals surface area (Å²) < 4.78 is 5.93. The Kier molecular flexibility index (Phi) is 4.32. The van der Waals surface area contributed by atoms with Crippen LogP contribution in [0.25, 0.3) is 11.1 Å². The maximum absolute atomic E-state index is 5.93. The third-order valence-corrected chi connectivity index (χ3v) is 5.96. The Morgan fingerprint density at radius 1 is 1.13 bits per heavy atom. The molecule has 0 N–H and O–H groups in total. The number of hydrogen-bond acceptors (Lipinski definition) is 3. The van der Waals surface area contributed by atoms with E-state index in [1.54, 1.807) is 0 Å². The highest BCUT2D eigenvalue weighted by molar-refractivity contribution is 7.13. The number of hydrogen-bond donors (Lipinski definition) is 0. The van der Waals surface area contributed by atoms with Crippen molar-refractivity contribution < 1.29 is 4.74 Å². The molecule has 4 rings (SSSR count). The molecule has 0 spiro atoms. The van der Waals surface area contributed by atoms with Gasteiger partial charge in [0.25, 0.3) is 0 Å². The summed E-state index contributed by atoms with van der Waals surface area (Å²) in [5.74, 6) is 0. The van der Waals surface area contributed by atoms with E-state index in [4.69, 9.17) is 9.72 Å². The van der Waals surface area contributed by atoms with Crippen molar-refractivity contribution in [3.8, 4) is 0 Å². The Hall–Kier alpha value is -1.45. The van der Waals surface area contributed by atoms with Crippen molar-refractivity contribution in [1.29, 1.82) is 0 Å². The van der Waals surface area contributed by atoms with Gasteiger partial charge in [-0.25, -0.2) is 4.98 Å². The van der Waals surface area contributed by atoms with Crippen molar-refractivity contribution in [3.63, 3.8) is 0 Å². The van der Waals surface area contributed by atoms with E-state index in [2.05, 4.69) is 31.2 Å². The second-order valence-corrected chi connectivity index (χ2v) is 7.63. The predicted octanol–water partition coefficient (Wildman–Crippen LogP) is 5.68. The average Bonchev–Trinajstić information content (AvgIpc) is 2.85. The number of ether oxygens (including phenoxy) is 1. The number of nitrogens with zero attached hydrogens (tertiary/aromatic N) is 1. The lowest BCUT2D eigenvalue weighted by molar-refractivity contribution is 0.126. The van der Waals surface area contributed by atoms with Crippen molar-refractivity contribution in [2.45, 2.75) is 52.1 Å². The van der Waals surface area contributed by atoms with Crippen molar-refractivity contribution in [2.24, 2.45) is 0 Å². The normalized spacial score (nSPS) is 21.6. The molecule has 0 radical (unpaired) electrons. The molecule has 120 valence electrons. The molecule has 1 aliphatic heterocycles. The van der Waals surface area contributed by atoms with Crippen LogP contribution in [-0.2, 0) is 11.3 Å². The molecule has 2 bridgehead atoms. The number of thiazole rings is 1. The van der Waals surface area contributed by atoms with Crippen LogP contribution in [0, 0.1) is 0 Å². The highest BCUT2D eigenvalue weighted by Gasteiger charge is 2.21. The molecule has 1 aromatic rings. The molecule has 23 heavy (non-hydrogen) atoms. The monoisotopic (exact) mass is 325 g/mol. The van der Waals surface area contributed by atoms with E-state index in [0.717, 1.165) is 45.1 Å². The molecule has 3 aliphatic rings. The Labute approximate surface area is 142 Å². The zero-order valence-electron chi connectivity index (χ0n) is 13.7. The number of rotatable bonds is 1. The highest BCUT2D eigenvalue weighted by atomic mass is 32.1. The fourth-order valence-electron chi connectivity index (χ4n) is 3.56. The van der Waals surface area contributed by atoms with Crippen LogP contribution in [0.1, 0.15) is 61.0 Å². The van der Waals surface area contributed by atoms with E-state index in [1.807, 2.05) is 11.3 Å². The van der Waals surface area contributed by atoms with Crippen LogP contribution in [-0.4, -0.2) is 11.6 Å². The summed E-state index contributed by atoms with van der Waals surface area (Å²) in [5.41, 5.74) is 6.93. The highest BCUT2D eigenvalue weighted by Crippen LogP contribution is 2.38. The summed E-state index contributed by atoms with van der Waals surface area (Å²) in [4.78, 5) is 6.39. The van der Waals surface area contributed by atoms with E-state index in [0.29, 0.717) is 6.61 Å². The summed E-state index contributed by atoms with van der Waals surface area (Å²) in [6.45, 7) is 3.74. The van der Waals surface area contributed by atoms with Crippen LogP contribution in [0.15, 0.2) is 35.5 Å². The Morgan fingerprint density at radius 3 is 2.96 bits per heavy atom. The van der Waals surface area contributed by atoms with Crippen LogP contribution >= 0.6 is 11.3 Å². The molecule has 1 aromatic heterocycles. The molecule has 0 saturated heterocycles. The molecule has 0 aromatic carbocycles. The first-order valence-electron chi connectivity index (χ1n) is 8.62. The van der Waals surface area contributed by atoms with E-state index >= 15 is 0 Å². The molecule has 2 heterocycles. The van der Waals surface area contributed by atoms with E-state index in [9.17, 15) is 0 Å². The van der Waals surface area contributed by atoms with Crippen LogP contribution < -0.4 is 0 Å². The Balaban J connectivity index is 1.77. The van der Waals surface area contributed by atoms with Gasteiger partial charge in [-0.2, -0.15) is 0 Å². The number of aromatic nitrogens is 1. The first-order chi connectivity index (χ1) is 11.3. The van der Waals surface area contributed by atoms with Gasteiger partial charge in [0, 0.05) is 0 Å². The summed E-state index contributed by atoms with van der Waals surface area (Å²) in [7, 11) is 0. The van der Waals surface area contributed by atoms with Gasteiger partial charge in [0.15, 0.2) is 0 Å². The van der Waals surface area contributed by atoms with Crippen LogP contribution in [0.3, 0.4) is 0 Å². The van der Waals surface area contributed by atoms with Crippen molar-refractivity contribution >= 4 is 22.5 Å². The smallest absolute Gasteiger partial charge is 0.120 e. The van der Waals surface area contributed by atoms with Gasteiger partial charge in [-0.05, 0) is 62.2 Å². The summed E-state index contributed by atoms with van der Waals surface area (Å²) in [5, 5.41) is 1.21. The standard InChI is InChI=1S/C20H23NOS/c1-14-6-2-5-9-17(14)20-21-19-16-8-4-3-7-15(12-16)10-11-22-13-18(19)23-20/h2,6-8H,3-5,9-13H2,1H3. The molecule has 2 aliphatic carbocycles. The molecule has 0 fully saturated rings. The molecular weight excluding hydrogens is 302 g/mol. The minimum absolute atomic E-state index is 0.708. The van der Waals surface area contributed by atoms with Gasteiger partial charge >= 0.3 is 0 Å². The molecule has 3 heteroatoms. The van der Waals surface area contributed by atoms with E-state index < -0.39 is 0 Å². The van der Waals surface area contributed by atoms with E-state index in [1.165, 1.54) is 37.9 Å². The van der Waals surface area contributed by atoms with Crippen molar-refractivity contribution in [2.75, 3.05) is 6.61 Å². The van der Waals surface area contributed by atoms with Gasteiger partial charge in [-0.15, -0.1) is 11.3 Å². The van der Waals surface area contributed by atoms with Crippen molar-refractivity contribution in [1.82, 2.24) is 4.98 Å². The fourth-order valence-corrected chi connectivity index (χ4v) is 4.74. The predicted molar refractivity (Wildman–Crippen MR) is 97.3 cm³/mol. The minimum atomic E-state index is 0.708. The number of fused-ring (bicyclic) bond motifs is 4. The second kappa shape index (κ2) is 6.58. The lowest BCUT2D eigenvalue weighted by Gasteiger charge is -2.10. The topological polar surface area (TPSA) is 22.1 Å². The second-order valence-electron chi connectivity index (χ2n) is 6.54. The summed E-state index contributed by atoms with van der Waals surface area (Å²) in [6, 6.07) is 0. The molecule has 0 saturated carbocycles. The first kappa shape index (κ1) is 15.1. The average molecular weight is 325 g/mol. The lowest BCUT2D eigenvalue weighted by Crippen LogP contribution is -1.94. The molecule has 2 nitrogen and oxygen atoms in total. The fraction of sp³-hybridized carbons (Fsp3) is 0.450. The molecule has 0 amide bonds. The van der Waals surface area contributed by atoms with Gasteiger partial charge in [-0.3, -0.25) is 0 Å². The minimum Gasteiger partial charge on any atom is -0.376 e. The van der Waals surface area contributed by atoms with Gasteiger partial charge in [-0.1, -0.05) is 29.9 Å². The number of allylic oxidation sites excluding steroid dienone is 7. The lowest BCUT2D eigenvalue weighted by atomic mass is 9.99. The Bertz CT molecular complexity index is 733. The van der Waals surface area contributed by atoms with Gasteiger partial charge in [0.05, 0.1) is 23.8 Å². The molecule has 0 atom stereocenters. The maximum atomic E-state index is 5.93. The molecule has 0 unspecified atom stereocenters. The third kappa shape index (κ3) is 3.13. The largest absolute Gasteiger partial charge is 0.376 e. The van der Waals surface area contributed by atoms with Gasteiger partial charge < -0.3 is 4.74 Å². The summed E-state index contributed by atoms with van der Waals surface area (Å²) >= 11 is 1.84. The van der Waals surface area contributed by atoms with Gasteiger partial charge in [0.2, 0.25) is 0 Å². The zero-order chi connectivity index (χ0) is 15.6. The zero-order valence-corrected chi connectivity index (χ0v) is 14.5. The quantitative estimate of drug-likeness (QED) is 0.620. The third-order valence-electron chi connectivity index (χ3n) is 4.87.